The highest BCUT2D eigenvalue weighted by molar-refractivity contribution is 5.76. The fourth-order valence-electron chi connectivity index (χ4n) is 4.08. The number of aromatic nitrogens is 3. The zero-order valence-electron chi connectivity index (χ0n) is 16.0. The van der Waals surface area contributed by atoms with Crippen molar-refractivity contribution in [3.8, 4) is 0 Å². The second-order valence-corrected chi connectivity index (χ2v) is 7.86. The van der Waals surface area contributed by atoms with Gasteiger partial charge in [0.2, 0.25) is 5.91 Å². The Morgan fingerprint density at radius 3 is 2.48 bits per heavy atom. The van der Waals surface area contributed by atoms with Gasteiger partial charge in [-0.25, -0.2) is 9.48 Å². The van der Waals surface area contributed by atoms with Crippen LogP contribution in [-0.4, -0.2) is 38.2 Å². The fraction of sp³-hybridized carbons (Fsp3) is 0.571. The minimum Gasteiger partial charge on any atom is -0.343 e. The molecule has 4 rings (SSSR count). The molecule has 2 aromatic rings. The summed E-state index contributed by atoms with van der Waals surface area (Å²) < 4.78 is 3.38. The van der Waals surface area contributed by atoms with Crippen LogP contribution in [0.2, 0.25) is 0 Å². The molecule has 1 aromatic carbocycles. The lowest BCUT2D eigenvalue weighted by molar-refractivity contribution is -0.132. The normalized spacial score (nSPS) is 18.0. The standard InChI is InChI=1S/C21H28N4O2/c1-23-21(27)25(20(22-23)17-10-11-17)18-12-14-24(15-13-18)19(26)9-5-8-16-6-3-2-4-7-16/h2-4,6-7,17-18H,5,8-15H2,1H3. The van der Waals surface area contributed by atoms with Gasteiger partial charge in [-0.15, -0.1) is 0 Å². The Morgan fingerprint density at radius 1 is 1.11 bits per heavy atom. The van der Waals surface area contributed by atoms with E-state index in [2.05, 4.69) is 17.2 Å². The number of rotatable bonds is 6. The van der Waals surface area contributed by atoms with Crippen molar-refractivity contribution in [2.45, 2.75) is 56.9 Å². The van der Waals surface area contributed by atoms with E-state index in [0.717, 1.165) is 57.4 Å². The number of hydrogen-bond acceptors (Lipinski definition) is 3. The van der Waals surface area contributed by atoms with E-state index >= 15 is 0 Å². The van der Waals surface area contributed by atoms with Crippen molar-refractivity contribution in [1.82, 2.24) is 19.2 Å². The number of amides is 1. The highest BCUT2D eigenvalue weighted by atomic mass is 16.2. The molecule has 0 spiro atoms. The Kier molecular flexibility index (Phi) is 5.14. The zero-order chi connectivity index (χ0) is 18.8. The summed E-state index contributed by atoms with van der Waals surface area (Å²) in [5.74, 6) is 1.65. The number of carbonyl (C=O) groups is 1. The number of carbonyl (C=O) groups excluding carboxylic acids is 1. The first-order chi connectivity index (χ1) is 13.1. The largest absolute Gasteiger partial charge is 0.345 e. The van der Waals surface area contributed by atoms with Crippen LogP contribution in [0, 0.1) is 0 Å². The molecule has 0 N–H and O–H groups in total. The SMILES string of the molecule is Cn1nc(C2CC2)n(C2CCN(C(=O)CCCc3ccccc3)CC2)c1=O. The van der Waals surface area contributed by atoms with E-state index in [1.54, 1.807) is 7.05 Å². The molecule has 0 radical (unpaired) electrons. The van der Waals surface area contributed by atoms with Crippen LogP contribution in [0.25, 0.3) is 0 Å². The molecule has 0 atom stereocenters. The molecular formula is C21H28N4O2. The minimum absolute atomic E-state index is 0.00969. The number of piperidine rings is 1. The summed E-state index contributed by atoms with van der Waals surface area (Å²) in [5, 5.41) is 4.46. The lowest BCUT2D eigenvalue weighted by atomic mass is 10.0. The molecule has 1 saturated heterocycles. The predicted molar refractivity (Wildman–Crippen MR) is 104 cm³/mol. The highest BCUT2D eigenvalue weighted by Crippen LogP contribution is 2.40. The Morgan fingerprint density at radius 2 is 1.81 bits per heavy atom. The molecule has 27 heavy (non-hydrogen) atoms. The highest BCUT2D eigenvalue weighted by Gasteiger charge is 2.34. The van der Waals surface area contributed by atoms with Crippen molar-refractivity contribution in [2.24, 2.45) is 7.05 Å². The first kappa shape index (κ1) is 18.0. The summed E-state index contributed by atoms with van der Waals surface area (Å²) in [4.78, 5) is 27.0. The molecule has 2 heterocycles. The predicted octanol–water partition coefficient (Wildman–Crippen LogP) is 2.65. The second kappa shape index (κ2) is 7.71. The molecule has 2 fully saturated rings. The molecule has 0 bridgehead atoms. The lowest BCUT2D eigenvalue weighted by Gasteiger charge is -2.32. The molecule has 6 nitrogen and oxygen atoms in total. The third-order valence-corrected chi connectivity index (χ3v) is 5.81. The van der Waals surface area contributed by atoms with E-state index in [-0.39, 0.29) is 17.6 Å². The van der Waals surface area contributed by atoms with E-state index in [9.17, 15) is 9.59 Å². The van der Waals surface area contributed by atoms with Crippen LogP contribution in [0.1, 0.15) is 61.9 Å². The van der Waals surface area contributed by atoms with Crippen LogP contribution < -0.4 is 5.69 Å². The first-order valence-electron chi connectivity index (χ1n) is 10.1. The summed E-state index contributed by atoms with van der Waals surface area (Å²) in [7, 11) is 1.73. The monoisotopic (exact) mass is 368 g/mol. The van der Waals surface area contributed by atoms with Gasteiger partial charge in [0, 0.05) is 38.5 Å². The van der Waals surface area contributed by atoms with Gasteiger partial charge >= 0.3 is 5.69 Å². The Hall–Kier alpha value is -2.37. The van der Waals surface area contributed by atoms with Crippen LogP contribution in [-0.2, 0) is 18.3 Å². The second-order valence-electron chi connectivity index (χ2n) is 7.86. The smallest absolute Gasteiger partial charge is 0.343 e. The average Bonchev–Trinajstić information content (AvgIpc) is 3.49. The fourth-order valence-corrected chi connectivity index (χ4v) is 4.08. The van der Waals surface area contributed by atoms with Crippen LogP contribution >= 0.6 is 0 Å². The summed E-state index contributed by atoms with van der Waals surface area (Å²) in [6.07, 6.45) is 6.38. The first-order valence-corrected chi connectivity index (χ1v) is 10.1. The van der Waals surface area contributed by atoms with Crippen molar-refractivity contribution in [2.75, 3.05) is 13.1 Å². The van der Waals surface area contributed by atoms with Gasteiger partial charge in [-0.1, -0.05) is 30.3 Å². The number of benzene rings is 1. The number of hydrogen-bond donors (Lipinski definition) is 0. The molecule has 1 aromatic heterocycles. The quantitative estimate of drug-likeness (QED) is 0.788. The topological polar surface area (TPSA) is 60.1 Å². The number of aryl methyl sites for hydroxylation is 2. The van der Waals surface area contributed by atoms with Gasteiger partial charge in [0.05, 0.1) is 0 Å². The summed E-state index contributed by atoms with van der Waals surface area (Å²) in [6, 6.07) is 10.5. The zero-order valence-corrected chi connectivity index (χ0v) is 16.0. The Labute approximate surface area is 159 Å². The summed E-state index contributed by atoms with van der Waals surface area (Å²) in [5.41, 5.74) is 1.28. The van der Waals surface area contributed by atoms with E-state index in [1.807, 2.05) is 27.7 Å². The molecule has 1 aliphatic heterocycles. The van der Waals surface area contributed by atoms with Gasteiger partial charge in [0.15, 0.2) is 0 Å². The Bertz CT molecular complexity index is 843. The van der Waals surface area contributed by atoms with E-state index in [4.69, 9.17) is 0 Å². The lowest BCUT2D eigenvalue weighted by Crippen LogP contribution is -2.41. The maximum atomic E-state index is 12.5. The minimum atomic E-state index is -0.00969. The van der Waals surface area contributed by atoms with E-state index in [0.29, 0.717) is 12.3 Å². The Balaban J connectivity index is 1.30. The van der Waals surface area contributed by atoms with E-state index < -0.39 is 0 Å². The summed E-state index contributed by atoms with van der Waals surface area (Å²) >= 11 is 0. The molecule has 1 aliphatic carbocycles. The van der Waals surface area contributed by atoms with E-state index in [1.165, 1.54) is 10.2 Å². The molecule has 1 saturated carbocycles. The van der Waals surface area contributed by atoms with Gasteiger partial charge < -0.3 is 4.90 Å². The molecule has 2 aliphatic rings. The number of likely N-dealkylation sites (tertiary alicyclic amines) is 1. The third kappa shape index (κ3) is 3.99. The van der Waals surface area contributed by atoms with Crippen molar-refractivity contribution in [1.29, 1.82) is 0 Å². The van der Waals surface area contributed by atoms with Gasteiger partial charge in [0.1, 0.15) is 5.82 Å². The van der Waals surface area contributed by atoms with Crippen molar-refractivity contribution in [3.05, 3.63) is 52.2 Å². The molecule has 1 amide bonds. The molecule has 6 heteroatoms. The van der Waals surface area contributed by atoms with Crippen molar-refractivity contribution < 1.29 is 4.79 Å². The molecular weight excluding hydrogens is 340 g/mol. The van der Waals surface area contributed by atoms with Crippen LogP contribution in [0.4, 0.5) is 0 Å². The van der Waals surface area contributed by atoms with Crippen LogP contribution in [0.5, 0.6) is 0 Å². The van der Waals surface area contributed by atoms with Gasteiger partial charge in [-0.3, -0.25) is 9.36 Å². The molecule has 0 unspecified atom stereocenters. The third-order valence-electron chi connectivity index (χ3n) is 5.81. The average molecular weight is 368 g/mol. The van der Waals surface area contributed by atoms with Crippen molar-refractivity contribution in [3.63, 3.8) is 0 Å². The number of nitrogens with zero attached hydrogens (tertiary/aromatic N) is 4. The maximum Gasteiger partial charge on any atom is 0.345 e. The van der Waals surface area contributed by atoms with Crippen molar-refractivity contribution >= 4 is 5.91 Å². The van der Waals surface area contributed by atoms with Gasteiger partial charge in [0.25, 0.3) is 0 Å². The molecule has 144 valence electrons. The maximum absolute atomic E-state index is 12.5. The van der Waals surface area contributed by atoms with Crippen LogP contribution in [0.15, 0.2) is 35.1 Å². The van der Waals surface area contributed by atoms with Gasteiger partial charge in [-0.05, 0) is 44.1 Å². The van der Waals surface area contributed by atoms with Gasteiger partial charge in [-0.2, -0.15) is 5.10 Å². The van der Waals surface area contributed by atoms with Crippen LogP contribution in [0.3, 0.4) is 0 Å². The summed E-state index contributed by atoms with van der Waals surface area (Å²) in [6.45, 7) is 1.47.